The van der Waals surface area contributed by atoms with Gasteiger partial charge >= 0.3 is 0 Å². The van der Waals surface area contributed by atoms with Gasteiger partial charge in [-0.2, -0.15) is 4.98 Å². The summed E-state index contributed by atoms with van der Waals surface area (Å²) in [6, 6.07) is 5.12. The molecule has 0 radical (unpaired) electrons. The average Bonchev–Trinajstić information content (AvgIpc) is 2.78. The van der Waals surface area contributed by atoms with Crippen molar-refractivity contribution in [3.05, 3.63) is 45.6 Å². The third-order valence-electron chi connectivity index (χ3n) is 7.59. The van der Waals surface area contributed by atoms with Crippen LogP contribution in [-0.4, -0.2) is 43.2 Å². The molecule has 5 heteroatoms. The Morgan fingerprint density at radius 2 is 1.64 bits per heavy atom. The molecule has 0 atom stereocenters. The van der Waals surface area contributed by atoms with Crippen molar-refractivity contribution in [2.75, 3.05) is 37.4 Å². The molecule has 2 aliphatic carbocycles. The van der Waals surface area contributed by atoms with Crippen LogP contribution in [0.25, 0.3) is 0 Å². The zero-order valence-electron chi connectivity index (χ0n) is 21.4. The Hall–Kier alpha value is -2.14. The minimum absolute atomic E-state index is 0.496. The van der Waals surface area contributed by atoms with Crippen LogP contribution in [-0.2, 0) is 19.3 Å². The Balaban J connectivity index is 1.23. The van der Waals surface area contributed by atoms with Gasteiger partial charge in [0.25, 0.3) is 0 Å². The van der Waals surface area contributed by atoms with E-state index in [9.17, 15) is 0 Å². The van der Waals surface area contributed by atoms with E-state index in [2.05, 4.69) is 62.5 Å². The largest absolute Gasteiger partial charge is 0.362 e. The molecule has 1 aromatic carbocycles. The lowest BCUT2D eigenvalue weighted by molar-refractivity contribution is 0.325. The van der Waals surface area contributed by atoms with Crippen LogP contribution < -0.4 is 15.5 Å². The minimum atomic E-state index is 0.496. The molecule has 2 aromatic rings. The number of anilines is 2. The SMILES string of the molecule is Cc1cc(C)c(CCNCC2CCC(Nc3nc4c(c(N(C)C)n3)CCCC4)CC2)c(C)c1. The maximum Gasteiger partial charge on any atom is 0.225 e. The molecule has 0 saturated heterocycles. The smallest absolute Gasteiger partial charge is 0.225 e. The summed E-state index contributed by atoms with van der Waals surface area (Å²) in [5.74, 6) is 2.73. The number of nitrogens with zero attached hydrogens (tertiary/aromatic N) is 3. The van der Waals surface area contributed by atoms with E-state index in [0.29, 0.717) is 6.04 Å². The van der Waals surface area contributed by atoms with E-state index in [1.807, 2.05) is 0 Å². The van der Waals surface area contributed by atoms with Crippen molar-refractivity contribution in [1.29, 1.82) is 0 Å². The normalized spacial score (nSPS) is 20.4. The average molecular weight is 450 g/mol. The Morgan fingerprint density at radius 3 is 2.33 bits per heavy atom. The number of hydrogen-bond donors (Lipinski definition) is 2. The summed E-state index contributed by atoms with van der Waals surface area (Å²) in [4.78, 5) is 12.0. The quantitative estimate of drug-likeness (QED) is 0.546. The predicted octanol–water partition coefficient (Wildman–Crippen LogP) is 5.15. The van der Waals surface area contributed by atoms with Crippen molar-refractivity contribution in [2.24, 2.45) is 5.92 Å². The van der Waals surface area contributed by atoms with E-state index in [4.69, 9.17) is 9.97 Å². The van der Waals surface area contributed by atoms with Crippen molar-refractivity contribution in [2.45, 2.75) is 84.6 Å². The van der Waals surface area contributed by atoms with Gasteiger partial charge in [-0.15, -0.1) is 0 Å². The van der Waals surface area contributed by atoms with Gasteiger partial charge in [0.05, 0.1) is 5.69 Å². The van der Waals surface area contributed by atoms with Crippen LogP contribution in [0.5, 0.6) is 0 Å². The van der Waals surface area contributed by atoms with Crippen LogP contribution in [0.4, 0.5) is 11.8 Å². The highest BCUT2D eigenvalue weighted by Crippen LogP contribution is 2.30. The molecule has 0 aliphatic heterocycles. The summed E-state index contributed by atoms with van der Waals surface area (Å²) in [5.41, 5.74) is 8.38. The highest BCUT2D eigenvalue weighted by atomic mass is 15.2. The predicted molar refractivity (Wildman–Crippen MR) is 140 cm³/mol. The highest BCUT2D eigenvalue weighted by Gasteiger charge is 2.24. The first-order valence-electron chi connectivity index (χ1n) is 13.0. The van der Waals surface area contributed by atoms with Crippen LogP contribution >= 0.6 is 0 Å². The Bertz CT molecular complexity index is 921. The van der Waals surface area contributed by atoms with Gasteiger partial charge in [-0.25, -0.2) is 4.98 Å². The van der Waals surface area contributed by atoms with E-state index in [1.54, 1.807) is 0 Å². The van der Waals surface area contributed by atoms with Gasteiger partial charge in [0.2, 0.25) is 5.95 Å². The van der Waals surface area contributed by atoms with E-state index in [1.165, 1.54) is 72.0 Å². The van der Waals surface area contributed by atoms with E-state index in [-0.39, 0.29) is 0 Å². The highest BCUT2D eigenvalue weighted by molar-refractivity contribution is 5.53. The van der Waals surface area contributed by atoms with Gasteiger partial charge in [0.15, 0.2) is 0 Å². The zero-order chi connectivity index (χ0) is 23.4. The van der Waals surface area contributed by atoms with Gasteiger partial charge in [-0.1, -0.05) is 17.7 Å². The lowest BCUT2D eigenvalue weighted by Gasteiger charge is -2.30. The summed E-state index contributed by atoms with van der Waals surface area (Å²) in [5, 5.41) is 7.42. The molecule has 0 bridgehead atoms. The molecule has 33 heavy (non-hydrogen) atoms. The van der Waals surface area contributed by atoms with Crippen molar-refractivity contribution >= 4 is 11.8 Å². The van der Waals surface area contributed by atoms with E-state index < -0.39 is 0 Å². The second-order valence-electron chi connectivity index (χ2n) is 10.6. The lowest BCUT2D eigenvalue weighted by atomic mass is 9.86. The summed E-state index contributed by atoms with van der Waals surface area (Å²) >= 11 is 0. The van der Waals surface area contributed by atoms with Crippen molar-refractivity contribution in [1.82, 2.24) is 15.3 Å². The minimum Gasteiger partial charge on any atom is -0.362 e. The number of aromatic nitrogens is 2. The summed E-state index contributed by atoms with van der Waals surface area (Å²) < 4.78 is 0. The van der Waals surface area contributed by atoms with Crippen LogP contribution in [0.3, 0.4) is 0 Å². The Kier molecular flexibility index (Phi) is 7.90. The number of aryl methyl sites for hydroxylation is 4. The molecule has 2 aliphatic rings. The Morgan fingerprint density at radius 1 is 0.939 bits per heavy atom. The number of benzene rings is 1. The fraction of sp³-hybridized carbons (Fsp3) is 0.643. The number of nitrogens with one attached hydrogen (secondary N) is 2. The van der Waals surface area contributed by atoms with Crippen LogP contribution in [0.15, 0.2) is 12.1 Å². The van der Waals surface area contributed by atoms with Crippen molar-refractivity contribution in [3.8, 4) is 0 Å². The molecule has 5 nitrogen and oxygen atoms in total. The van der Waals surface area contributed by atoms with Gasteiger partial charge < -0.3 is 15.5 Å². The molecule has 1 heterocycles. The van der Waals surface area contributed by atoms with Crippen LogP contribution in [0, 0.1) is 26.7 Å². The first-order valence-corrected chi connectivity index (χ1v) is 13.0. The molecule has 4 rings (SSSR count). The Labute approximate surface area is 200 Å². The molecule has 0 spiro atoms. The summed E-state index contributed by atoms with van der Waals surface area (Å²) in [6.07, 6.45) is 10.8. The van der Waals surface area contributed by atoms with Gasteiger partial charge in [0.1, 0.15) is 5.82 Å². The zero-order valence-corrected chi connectivity index (χ0v) is 21.4. The maximum atomic E-state index is 4.92. The molecule has 2 N–H and O–H groups in total. The molecule has 1 saturated carbocycles. The monoisotopic (exact) mass is 449 g/mol. The third-order valence-corrected chi connectivity index (χ3v) is 7.59. The molecular formula is C28H43N5. The fourth-order valence-electron chi connectivity index (χ4n) is 5.83. The molecule has 180 valence electrons. The second-order valence-corrected chi connectivity index (χ2v) is 10.6. The second kappa shape index (κ2) is 10.9. The van der Waals surface area contributed by atoms with E-state index in [0.717, 1.165) is 50.0 Å². The van der Waals surface area contributed by atoms with Crippen LogP contribution in [0.2, 0.25) is 0 Å². The third kappa shape index (κ3) is 6.06. The van der Waals surface area contributed by atoms with Crippen LogP contribution in [0.1, 0.15) is 72.0 Å². The van der Waals surface area contributed by atoms with Crippen molar-refractivity contribution in [3.63, 3.8) is 0 Å². The lowest BCUT2D eigenvalue weighted by Crippen LogP contribution is -2.32. The molecule has 0 amide bonds. The first kappa shape index (κ1) is 24.0. The molecule has 1 aromatic heterocycles. The standard InChI is InChI=1S/C28H43N5/c1-19-16-20(2)24(21(3)17-19)14-15-29-18-22-10-12-23(13-11-22)30-28-31-26-9-7-6-8-25(26)27(32-28)33(4)5/h16-17,22-23,29H,6-15,18H2,1-5H3,(H,30,31,32). The van der Waals surface area contributed by atoms with E-state index >= 15 is 0 Å². The fourth-order valence-corrected chi connectivity index (χ4v) is 5.83. The number of rotatable bonds is 8. The van der Waals surface area contributed by atoms with Gasteiger partial charge in [-0.05, 0) is 114 Å². The van der Waals surface area contributed by atoms with Crippen molar-refractivity contribution < 1.29 is 0 Å². The summed E-state index contributed by atoms with van der Waals surface area (Å²) in [7, 11) is 4.20. The van der Waals surface area contributed by atoms with Gasteiger partial charge in [-0.3, -0.25) is 0 Å². The summed E-state index contributed by atoms with van der Waals surface area (Å²) in [6.45, 7) is 8.89. The maximum absolute atomic E-state index is 4.92. The molecular weight excluding hydrogens is 406 g/mol. The van der Waals surface area contributed by atoms with Gasteiger partial charge in [0, 0.05) is 25.7 Å². The molecule has 0 unspecified atom stereocenters. The molecule has 1 fully saturated rings. The number of fused-ring (bicyclic) bond motifs is 1. The first-order chi connectivity index (χ1) is 15.9. The topological polar surface area (TPSA) is 53.1 Å². The number of hydrogen-bond acceptors (Lipinski definition) is 5.